The van der Waals surface area contributed by atoms with E-state index in [0.29, 0.717) is 30.3 Å². The quantitative estimate of drug-likeness (QED) is 0.843. The second-order valence-electron chi connectivity index (χ2n) is 4.94. The Kier molecular flexibility index (Phi) is 5.42. The van der Waals surface area contributed by atoms with Crippen LogP contribution in [-0.4, -0.2) is 17.7 Å². The summed E-state index contributed by atoms with van der Waals surface area (Å²) in [5.41, 5.74) is 1.64. The molecule has 2 rings (SSSR count). The Morgan fingerprint density at radius 1 is 1.09 bits per heavy atom. The van der Waals surface area contributed by atoms with Crippen LogP contribution in [0.1, 0.15) is 30.9 Å². The normalized spacial score (nSPS) is 11.7. The third-order valence-corrected chi connectivity index (χ3v) is 3.37. The minimum absolute atomic E-state index is 0.365. The number of carboxylic acids is 1. The van der Waals surface area contributed by atoms with E-state index in [1.54, 1.807) is 25.1 Å². The van der Waals surface area contributed by atoms with E-state index >= 15 is 0 Å². The molecule has 0 amide bonds. The molecule has 0 heterocycles. The van der Waals surface area contributed by atoms with Crippen molar-refractivity contribution in [3.63, 3.8) is 0 Å². The third-order valence-electron chi connectivity index (χ3n) is 3.37. The molecule has 0 radical (unpaired) electrons. The standard InChI is InChI=1S/C18H20O4/c1-3-21-16-11-7-10-15(13(2)18(19)20)17(16)22-12-14-8-5-4-6-9-14/h4-11,13H,3,12H2,1-2H3,(H,19,20). The molecule has 0 bridgehead atoms. The van der Waals surface area contributed by atoms with Gasteiger partial charge in [-0.2, -0.15) is 0 Å². The number of carbonyl (C=O) groups is 1. The number of benzene rings is 2. The second-order valence-corrected chi connectivity index (χ2v) is 4.94. The van der Waals surface area contributed by atoms with E-state index in [1.807, 2.05) is 37.3 Å². The Labute approximate surface area is 130 Å². The molecule has 22 heavy (non-hydrogen) atoms. The molecule has 0 fully saturated rings. The van der Waals surface area contributed by atoms with Gasteiger partial charge in [-0.15, -0.1) is 0 Å². The zero-order valence-electron chi connectivity index (χ0n) is 12.8. The van der Waals surface area contributed by atoms with Crippen LogP contribution in [0.25, 0.3) is 0 Å². The maximum atomic E-state index is 11.3. The molecule has 4 nitrogen and oxygen atoms in total. The highest BCUT2D eigenvalue weighted by molar-refractivity contribution is 5.77. The lowest BCUT2D eigenvalue weighted by Crippen LogP contribution is -2.11. The van der Waals surface area contributed by atoms with Crippen LogP contribution in [0.15, 0.2) is 48.5 Å². The van der Waals surface area contributed by atoms with Gasteiger partial charge in [-0.05, 0) is 25.5 Å². The van der Waals surface area contributed by atoms with E-state index in [1.165, 1.54) is 0 Å². The van der Waals surface area contributed by atoms with Gasteiger partial charge in [0.1, 0.15) is 6.61 Å². The largest absolute Gasteiger partial charge is 0.490 e. The van der Waals surface area contributed by atoms with Crippen molar-refractivity contribution in [3.8, 4) is 11.5 Å². The monoisotopic (exact) mass is 300 g/mol. The van der Waals surface area contributed by atoms with Crippen LogP contribution >= 0.6 is 0 Å². The van der Waals surface area contributed by atoms with Crippen LogP contribution in [0.2, 0.25) is 0 Å². The highest BCUT2D eigenvalue weighted by Crippen LogP contribution is 2.36. The molecule has 0 spiro atoms. The van der Waals surface area contributed by atoms with Gasteiger partial charge in [0.25, 0.3) is 0 Å². The van der Waals surface area contributed by atoms with E-state index in [9.17, 15) is 9.90 Å². The van der Waals surface area contributed by atoms with Crippen LogP contribution in [0.5, 0.6) is 11.5 Å². The molecule has 1 atom stereocenters. The Morgan fingerprint density at radius 3 is 2.45 bits per heavy atom. The van der Waals surface area contributed by atoms with Crippen LogP contribution in [-0.2, 0) is 11.4 Å². The molecule has 2 aromatic rings. The van der Waals surface area contributed by atoms with Crippen molar-refractivity contribution in [2.75, 3.05) is 6.61 Å². The van der Waals surface area contributed by atoms with Gasteiger partial charge in [0, 0.05) is 5.56 Å². The van der Waals surface area contributed by atoms with Crippen molar-refractivity contribution in [3.05, 3.63) is 59.7 Å². The Hall–Kier alpha value is -2.49. The van der Waals surface area contributed by atoms with E-state index < -0.39 is 11.9 Å². The predicted molar refractivity (Wildman–Crippen MR) is 84.4 cm³/mol. The van der Waals surface area contributed by atoms with Crippen molar-refractivity contribution in [2.24, 2.45) is 0 Å². The molecule has 2 aromatic carbocycles. The average molecular weight is 300 g/mol. The van der Waals surface area contributed by atoms with Crippen LogP contribution < -0.4 is 9.47 Å². The van der Waals surface area contributed by atoms with Gasteiger partial charge in [0.15, 0.2) is 11.5 Å². The highest BCUT2D eigenvalue weighted by atomic mass is 16.5. The maximum absolute atomic E-state index is 11.3. The number of rotatable bonds is 7. The number of ether oxygens (including phenoxy) is 2. The zero-order chi connectivity index (χ0) is 15.9. The van der Waals surface area contributed by atoms with Gasteiger partial charge in [0.05, 0.1) is 12.5 Å². The topological polar surface area (TPSA) is 55.8 Å². The van der Waals surface area contributed by atoms with Gasteiger partial charge in [-0.25, -0.2) is 0 Å². The Bertz CT molecular complexity index is 622. The SMILES string of the molecule is CCOc1cccc(C(C)C(=O)O)c1OCc1ccccc1. The van der Waals surface area contributed by atoms with E-state index in [-0.39, 0.29) is 0 Å². The first-order chi connectivity index (χ1) is 10.6. The fourth-order valence-electron chi connectivity index (χ4n) is 2.16. The molecule has 0 aromatic heterocycles. The molecule has 0 aliphatic carbocycles. The summed E-state index contributed by atoms with van der Waals surface area (Å²) in [4.78, 5) is 11.3. The van der Waals surface area contributed by atoms with Gasteiger partial charge in [-0.1, -0.05) is 42.5 Å². The first-order valence-corrected chi connectivity index (χ1v) is 7.28. The number of carboxylic acid groups (broad SMARTS) is 1. The highest BCUT2D eigenvalue weighted by Gasteiger charge is 2.21. The zero-order valence-corrected chi connectivity index (χ0v) is 12.8. The lowest BCUT2D eigenvalue weighted by atomic mass is 10.00. The maximum Gasteiger partial charge on any atom is 0.310 e. The summed E-state index contributed by atoms with van der Waals surface area (Å²) in [7, 11) is 0. The lowest BCUT2D eigenvalue weighted by molar-refractivity contribution is -0.138. The summed E-state index contributed by atoms with van der Waals surface area (Å²) in [5.74, 6) is -0.475. The summed E-state index contributed by atoms with van der Waals surface area (Å²) < 4.78 is 11.5. The van der Waals surface area contributed by atoms with Gasteiger partial charge in [-0.3, -0.25) is 4.79 Å². The average Bonchev–Trinajstić information content (AvgIpc) is 2.54. The summed E-state index contributed by atoms with van der Waals surface area (Å²) in [6, 6.07) is 15.1. The molecule has 116 valence electrons. The Balaban J connectivity index is 2.30. The minimum atomic E-state index is -0.891. The van der Waals surface area contributed by atoms with E-state index in [2.05, 4.69) is 0 Å². The number of para-hydroxylation sites is 1. The summed E-state index contributed by atoms with van der Waals surface area (Å²) >= 11 is 0. The molecule has 1 unspecified atom stereocenters. The molecular weight excluding hydrogens is 280 g/mol. The molecule has 4 heteroatoms. The molecule has 0 saturated heterocycles. The van der Waals surface area contributed by atoms with Crippen molar-refractivity contribution >= 4 is 5.97 Å². The summed E-state index contributed by atoms with van der Waals surface area (Å²) in [5, 5.41) is 9.27. The van der Waals surface area contributed by atoms with Crippen LogP contribution in [0.4, 0.5) is 0 Å². The first-order valence-electron chi connectivity index (χ1n) is 7.28. The fraction of sp³-hybridized carbons (Fsp3) is 0.278. The molecule has 0 saturated carbocycles. The van der Waals surface area contributed by atoms with Gasteiger partial charge < -0.3 is 14.6 Å². The molecular formula is C18H20O4. The number of hydrogen-bond donors (Lipinski definition) is 1. The smallest absolute Gasteiger partial charge is 0.310 e. The number of aliphatic carboxylic acids is 1. The van der Waals surface area contributed by atoms with Crippen molar-refractivity contribution in [2.45, 2.75) is 26.4 Å². The van der Waals surface area contributed by atoms with Crippen molar-refractivity contribution in [1.82, 2.24) is 0 Å². The van der Waals surface area contributed by atoms with Gasteiger partial charge >= 0.3 is 5.97 Å². The summed E-state index contributed by atoms with van der Waals surface area (Å²) in [6.45, 7) is 4.38. The predicted octanol–water partition coefficient (Wildman–Crippen LogP) is 3.85. The first kappa shape index (κ1) is 15.9. The molecule has 1 N–H and O–H groups in total. The van der Waals surface area contributed by atoms with Crippen molar-refractivity contribution < 1.29 is 19.4 Å². The van der Waals surface area contributed by atoms with Gasteiger partial charge in [0.2, 0.25) is 0 Å². The third kappa shape index (κ3) is 3.79. The Morgan fingerprint density at radius 2 is 1.82 bits per heavy atom. The number of hydrogen-bond acceptors (Lipinski definition) is 3. The lowest BCUT2D eigenvalue weighted by Gasteiger charge is -2.18. The van der Waals surface area contributed by atoms with E-state index in [4.69, 9.17) is 9.47 Å². The summed E-state index contributed by atoms with van der Waals surface area (Å²) in [6.07, 6.45) is 0. The van der Waals surface area contributed by atoms with Crippen LogP contribution in [0, 0.1) is 0 Å². The molecule has 0 aliphatic heterocycles. The second kappa shape index (κ2) is 7.50. The van der Waals surface area contributed by atoms with Crippen molar-refractivity contribution in [1.29, 1.82) is 0 Å². The van der Waals surface area contributed by atoms with Crippen LogP contribution in [0.3, 0.4) is 0 Å². The fourth-order valence-corrected chi connectivity index (χ4v) is 2.16. The molecule has 0 aliphatic rings. The minimum Gasteiger partial charge on any atom is -0.490 e. The van der Waals surface area contributed by atoms with E-state index in [0.717, 1.165) is 5.56 Å².